The summed E-state index contributed by atoms with van der Waals surface area (Å²) in [7, 11) is -1.01. The Hall–Kier alpha value is -4.20. The van der Waals surface area contributed by atoms with Crippen molar-refractivity contribution in [2.75, 3.05) is 11.4 Å². The first-order chi connectivity index (χ1) is 18.7. The van der Waals surface area contributed by atoms with Gasteiger partial charge in [0.25, 0.3) is 0 Å². The van der Waals surface area contributed by atoms with E-state index in [-0.39, 0.29) is 6.04 Å². The van der Waals surface area contributed by atoms with E-state index in [0.717, 1.165) is 29.4 Å². The van der Waals surface area contributed by atoms with E-state index in [4.69, 9.17) is 9.52 Å². The molecule has 0 N–H and O–H groups in total. The fourth-order valence-electron chi connectivity index (χ4n) is 4.73. The molecule has 5 aromatic rings. The molecule has 0 fully saturated rings. The molecule has 0 amide bonds. The summed E-state index contributed by atoms with van der Waals surface area (Å²) >= 11 is 0. The number of amidine groups is 1. The van der Waals surface area contributed by atoms with Gasteiger partial charge >= 0.3 is 0 Å². The molecule has 3 nitrogen and oxygen atoms in total. The van der Waals surface area contributed by atoms with Crippen molar-refractivity contribution in [1.82, 2.24) is 0 Å². The Morgan fingerprint density at radius 2 is 1.29 bits per heavy atom. The van der Waals surface area contributed by atoms with Crippen LogP contribution in [0, 0.1) is 6.92 Å². The highest BCUT2D eigenvalue weighted by molar-refractivity contribution is 7.68. The van der Waals surface area contributed by atoms with Gasteiger partial charge in [0.15, 0.2) is 8.15 Å². The van der Waals surface area contributed by atoms with Crippen LogP contribution in [0.25, 0.3) is 0 Å². The van der Waals surface area contributed by atoms with Gasteiger partial charge in [-0.3, -0.25) is 4.99 Å². The largest absolute Gasteiger partial charge is 0.464 e. The van der Waals surface area contributed by atoms with Gasteiger partial charge in [-0.15, -0.1) is 0 Å². The first-order valence-corrected chi connectivity index (χ1v) is 14.2. The fraction of sp³-hybridized carbons (Fsp3) is 0.0882. The Balaban J connectivity index is 1.36. The van der Waals surface area contributed by atoms with Crippen LogP contribution in [0.2, 0.25) is 0 Å². The first kappa shape index (κ1) is 24.2. The van der Waals surface area contributed by atoms with Crippen LogP contribution in [0.15, 0.2) is 145 Å². The molecule has 1 aliphatic rings. The molecule has 4 heteroatoms. The van der Waals surface area contributed by atoms with E-state index in [1.165, 1.54) is 21.7 Å². The SMILES string of the molecule is Cc1ccc(N2C[C@H](c3ccccc3)N=C2c2cccc(OP(c3ccccc3)c3ccccc3)c2)cc1. The summed E-state index contributed by atoms with van der Waals surface area (Å²) in [5, 5.41) is 2.37. The van der Waals surface area contributed by atoms with Crippen LogP contribution in [0.1, 0.15) is 22.7 Å². The van der Waals surface area contributed by atoms with Crippen molar-refractivity contribution >= 4 is 30.3 Å². The van der Waals surface area contributed by atoms with Crippen molar-refractivity contribution in [3.8, 4) is 5.75 Å². The summed E-state index contributed by atoms with van der Waals surface area (Å²) in [5.41, 5.74) is 4.67. The van der Waals surface area contributed by atoms with E-state index in [1.54, 1.807) is 0 Å². The van der Waals surface area contributed by atoms with Crippen LogP contribution in [0.3, 0.4) is 0 Å². The lowest BCUT2D eigenvalue weighted by Gasteiger charge is -2.23. The van der Waals surface area contributed by atoms with Gasteiger partial charge in [-0.25, -0.2) is 0 Å². The lowest BCUT2D eigenvalue weighted by molar-refractivity contribution is 0.629. The van der Waals surface area contributed by atoms with Crippen molar-refractivity contribution in [3.63, 3.8) is 0 Å². The third-order valence-electron chi connectivity index (χ3n) is 6.69. The van der Waals surface area contributed by atoms with Gasteiger partial charge < -0.3 is 9.42 Å². The van der Waals surface area contributed by atoms with Crippen molar-refractivity contribution in [3.05, 3.63) is 156 Å². The zero-order valence-electron chi connectivity index (χ0n) is 21.3. The van der Waals surface area contributed by atoms with Crippen molar-refractivity contribution in [2.45, 2.75) is 13.0 Å². The molecule has 1 aliphatic heterocycles. The minimum absolute atomic E-state index is 0.0721. The summed E-state index contributed by atoms with van der Waals surface area (Å²) < 4.78 is 6.75. The third kappa shape index (κ3) is 5.25. The highest BCUT2D eigenvalue weighted by Crippen LogP contribution is 2.38. The topological polar surface area (TPSA) is 24.8 Å². The normalized spacial score (nSPS) is 14.9. The second-order valence-electron chi connectivity index (χ2n) is 9.41. The van der Waals surface area contributed by atoms with E-state index in [0.29, 0.717) is 0 Å². The summed E-state index contributed by atoms with van der Waals surface area (Å²) in [6.07, 6.45) is 0. The van der Waals surface area contributed by atoms with Crippen LogP contribution >= 0.6 is 8.15 Å². The maximum Gasteiger partial charge on any atom is 0.150 e. The van der Waals surface area contributed by atoms with Crippen LogP contribution in [-0.4, -0.2) is 12.4 Å². The minimum Gasteiger partial charge on any atom is -0.464 e. The van der Waals surface area contributed by atoms with Crippen LogP contribution < -0.4 is 20.0 Å². The van der Waals surface area contributed by atoms with Crippen molar-refractivity contribution < 1.29 is 4.52 Å². The molecule has 0 spiro atoms. The predicted octanol–water partition coefficient (Wildman–Crippen LogP) is 7.43. The van der Waals surface area contributed by atoms with Crippen LogP contribution in [-0.2, 0) is 0 Å². The van der Waals surface area contributed by atoms with Gasteiger partial charge in [-0.2, -0.15) is 0 Å². The Bertz CT molecular complexity index is 1480. The van der Waals surface area contributed by atoms with Gasteiger partial charge in [0, 0.05) is 21.9 Å². The van der Waals surface area contributed by atoms with E-state index >= 15 is 0 Å². The predicted molar refractivity (Wildman–Crippen MR) is 160 cm³/mol. The molecule has 0 saturated heterocycles. The molecule has 0 radical (unpaired) electrons. The maximum absolute atomic E-state index is 6.75. The molecule has 186 valence electrons. The molecule has 5 aromatic carbocycles. The van der Waals surface area contributed by atoms with E-state index in [9.17, 15) is 0 Å². The smallest absolute Gasteiger partial charge is 0.150 e. The lowest BCUT2D eigenvalue weighted by atomic mass is 10.1. The average molecular weight is 513 g/mol. The zero-order valence-corrected chi connectivity index (χ0v) is 22.2. The molecular weight excluding hydrogens is 483 g/mol. The number of hydrogen-bond acceptors (Lipinski definition) is 3. The summed E-state index contributed by atoms with van der Waals surface area (Å²) in [5.74, 6) is 1.81. The van der Waals surface area contributed by atoms with Gasteiger partial charge in [-0.05, 0) is 36.8 Å². The molecule has 0 aromatic heterocycles. The van der Waals surface area contributed by atoms with Gasteiger partial charge in [0.1, 0.15) is 11.6 Å². The molecule has 0 bridgehead atoms. The molecule has 0 aliphatic carbocycles. The van der Waals surface area contributed by atoms with E-state index in [2.05, 4.69) is 133 Å². The number of hydrogen-bond donors (Lipinski definition) is 0. The quantitative estimate of drug-likeness (QED) is 0.212. The molecule has 0 saturated carbocycles. The number of aryl methyl sites for hydroxylation is 1. The zero-order chi connectivity index (χ0) is 25.7. The van der Waals surface area contributed by atoms with Crippen molar-refractivity contribution in [2.24, 2.45) is 4.99 Å². The van der Waals surface area contributed by atoms with Crippen LogP contribution in [0.5, 0.6) is 5.75 Å². The van der Waals surface area contributed by atoms with Crippen LogP contribution in [0.4, 0.5) is 5.69 Å². The molecule has 38 heavy (non-hydrogen) atoms. The molecule has 1 atom stereocenters. The lowest BCUT2D eigenvalue weighted by Crippen LogP contribution is -2.28. The standard InChI is InChI=1S/C34H29N2OP/c1-26-20-22-29(23-21-26)36-25-33(27-12-5-2-6-13-27)35-34(36)28-14-11-15-30(24-28)37-38(31-16-7-3-8-17-31)32-18-9-4-10-19-32/h2-24,33H,25H2,1H3/t33-/m1/s1. The second kappa shape index (κ2) is 11.0. The highest BCUT2D eigenvalue weighted by Gasteiger charge is 2.29. The Morgan fingerprint density at radius 1 is 0.684 bits per heavy atom. The molecule has 0 unspecified atom stereocenters. The number of anilines is 1. The second-order valence-corrected chi connectivity index (χ2v) is 11.2. The average Bonchev–Trinajstić information content (AvgIpc) is 3.44. The van der Waals surface area contributed by atoms with E-state index in [1.807, 2.05) is 18.2 Å². The summed E-state index contributed by atoms with van der Waals surface area (Å²) in [6, 6.07) is 48.7. The van der Waals surface area contributed by atoms with Crippen molar-refractivity contribution in [1.29, 1.82) is 0 Å². The van der Waals surface area contributed by atoms with E-state index < -0.39 is 8.15 Å². The number of aliphatic imine (C=N–C) groups is 1. The Morgan fingerprint density at radius 3 is 1.92 bits per heavy atom. The summed E-state index contributed by atoms with van der Waals surface area (Å²) in [4.78, 5) is 7.56. The Kier molecular flexibility index (Phi) is 7.02. The highest BCUT2D eigenvalue weighted by atomic mass is 31.1. The van der Waals surface area contributed by atoms with Gasteiger partial charge in [-0.1, -0.05) is 121 Å². The summed E-state index contributed by atoms with van der Waals surface area (Å²) in [6.45, 7) is 2.92. The molecule has 6 rings (SSSR count). The fourth-order valence-corrected chi connectivity index (χ4v) is 6.45. The number of benzene rings is 5. The molecular formula is C34H29N2OP. The maximum atomic E-state index is 6.75. The first-order valence-electron chi connectivity index (χ1n) is 12.9. The van der Waals surface area contributed by atoms with Gasteiger partial charge in [0.2, 0.25) is 0 Å². The monoisotopic (exact) mass is 512 g/mol. The Labute approximate surface area is 225 Å². The minimum atomic E-state index is -1.01. The third-order valence-corrected chi connectivity index (χ3v) is 8.62. The van der Waals surface area contributed by atoms with Gasteiger partial charge in [0.05, 0.1) is 12.6 Å². The number of nitrogens with zero attached hydrogens (tertiary/aromatic N) is 2. The molecule has 1 heterocycles. The number of rotatable bonds is 7.